The molecule has 3 aromatic rings. The van der Waals surface area contributed by atoms with E-state index in [0.717, 1.165) is 12.1 Å². The maximum absolute atomic E-state index is 4.28. The van der Waals surface area contributed by atoms with Crippen molar-refractivity contribution in [2.45, 2.75) is 26.2 Å². The molecule has 2 aromatic heterocycles. The van der Waals surface area contributed by atoms with E-state index in [4.69, 9.17) is 0 Å². The van der Waals surface area contributed by atoms with Gasteiger partial charge < -0.3 is 4.98 Å². The first-order valence-corrected chi connectivity index (χ1v) is 7.10. The number of thiazole rings is 1. The molecule has 0 fully saturated rings. The van der Waals surface area contributed by atoms with Crippen LogP contribution < -0.4 is 0 Å². The lowest BCUT2D eigenvalue weighted by molar-refractivity contribution is 0.865. The Hall–Kier alpha value is -1.61. The SMILES string of the molecule is CC(C)c1ccc(Cc2c[nH]c3ncsc23)cc1. The van der Waals surface area contributed by atoms with Crippen molar-refractivity contribution in [2.24, 2.45) is 0 Å². The fourth-order valence-electron chi connectivity index (χ4n) is 2.17. The summed E-state index contributed by atoms with van der Waals surface area (Å²) >= 11 is 1.71. The molecule has 0 aliphatic heterocycles. The van der Waals surface area contributed by atoms with Crippen molar-refractivity contribution in [2.75, 3.05) is 0 Å². The Morgan fingerprint density at radius 1 is 1.22 bits per heavy atom. The Morgan fingerprint density at radius 2 is 2.00 bits per heavy atom. The Labute approximate surface area is 111 Å². The third-order valence-corrected chi connectivity index (χ3v) is 4.19. The smallest absolute Gasteiger partial charge is 0.148 e. The highest BCUT2D eigenvalue weighted by atomic mass is 32.1. The van der Waals surface area contributed by atoms with Crippen LogP contribution in [0.15, 0.2) is 36.0 Å². The van der Waals surface area contributed by atoms with Crippen LogP contribution in [0.25, 0.3) is 10.3 Å². The standard InChI is InChI=1S/C15H16N2S/c1-10(2)12-5-3-11(4-6-12)7-13-8-16-15-14(13)18-9-17-15/h3-6,8-10,16H,7H2,1-2H3. The molecule has 0 aliphatic carbocycles. The summed E-state index contributed by atoms with van der Waals surface area (Å²) in [5.74, 6) is 0.597. The normalized spacial score (nSPS) is 11.5. The van der Waals surface area contributed by atoms with E-state index in [-0.39, 0.29) is 0 Å². The van der Waals surface area contributed by atoms with Gasteiger partial charge in [0.15, 0.2) is 0 Å². The van der Waals surface area contributed by atoms with Crippen molar-refractivity contribution < 1.29 is 0 Å². The van der Waals surface area contributed by atoms with Crippen molar-refractivity contribution in [3.63, 3.8) is 0 Å². The summed E-state index contributed by atoms with van der Waals surface area (Å²) in [6, 6.07) is 8.93. The summed E-state index contributed by atoms with van der Waals surface area (Å²) in [6.45, 7) is 4.45. The average molecular weight is 256 g/mol. The Kier molecular flexibility index (Phi) is 2.92. The summed E-state index contributed by atoms with van der Waals surface area (Å²) in [4.78, 5) is 7.50. The molecule has 1 N–H and O–H groups in total. The molecule has 0 amide bonds. The van der Waals surface area contributed by atoms with Crippen LogP contribution in [0.5, 0.6) is 0 Å². The van der Waals surface area contributed by atoms with E-state index in [1.165, 1.54) is 21.4 Å². The molecular weight excluding hydrogens is 240 g/mol. The molecule has 92 valence electrons. The zero-order valence-corrected chi connectivity index (χ0v) is 11.4. The number of hydrogen-bond donors (Lipinski definition) is 1. The number of nitrogens with zero attached hydrogens (tertiary/aromatic N) is 1. The summed E-state index contributed by atoms with van der Waals surface area (Å²) in [7, 11) is 0. The highest BCUT2D eigenvalue weighted by Crippen LogP contribution is 2.24. The van der Waals surface area contributed by atoms with Crippen LogP contribution in [0.3, 0.4) is 0 Å². The predicted molar refractivity (Wildman–Crippen MR) is 77.3 cm³/mol. The fraction of sp³-hybridized carbons (Fsp3) is 0.267. The van der Waals surface area contributed by atoms with Gasteiger partial charge in [-0.05, 0) is 22.6 Å². The second kappa shape index (κ2) is 4.58. The topological polar surface area (TPSA) is 28.7 Å². The monoisotopic (exact) mass is 256 g/mol. The third kappa shape index (κ3) is 2.06. The van der Waals surface area contributed by atoms with Gasteiger partial charge in [-0.25, -0.2) is 4.98 Å². The largest absolute Gasteiger partial charge is 0.345 e. The van der Waals surface area contributed by atoms with Gasteiger partial charge in [0, 0.05) is 12.6 Å². The summed E-state index contributed by atoms with van der Waals surface area (Å²) in [5, 5.41) is 0. The zero-order valence-electron chi connectivity index (χ0n) is 10.6. The number of aromatic amines is 1. The summed E-state index contributed by atoms with van der Waals surface area (Å²) in [5.41, 5.74) is 7.00. The van der Waals surface area contributed by atoms with Gasteiger partial charge in [-0.15, -0.1) is 11.3 Å². The van der Waals surface area contributed by atoms with Gasteiger partial charge in [0.1, 0.15) is 5.65 Å². The van der Waals surface area contributed by atoms with Crippen LogP contribution in [-0.2, 0) is 6.42 Å². The molecule has 0 atom stereocenters. The van der Waals surface area contributed by atoms with Crippen molar-refractivity contribution in [1.82, 2.24) is 9.97 Å². The van der Waals surface area contributed by atoms with Crippen LogP contribution in [0.1, 0.15) is 36.5 Å². The molecule has 0 bridgehead atoms. The average Bonchev–Trinajstić information content (AvgIpc) is 2.95. The Bertz CT molecular complexity index is 647. The Balaban J connectivity index is 1.86. The molecule has 0 saturated heterocycles. The van der Waals surface area contributed by atoms with Gasteiger partial charge in [-0.3, -0.25) is 0 Å². The number of H-pyrrole nitrogens is 1. The summed E-state index contributed by atoms with van der Waals surface area (Å²) < 4.78 is 1.28. The van der Waals surface area contributed by atoms with Gasteiger partial charge in [0.2, 0.25) is 0 Å². The number of nitrogens with one attached hydrogen (secondary N) is 1. The van der Waals surface area contributed by atoms with E-state index in [2.05, 4.69) is 54.3 Å². The van der Waals surface area contributed by atoms with Crippen molar-refractivity contribution >= 4 is 21.7 Å². The van der Waals surface area contributed by atoms with E-state index in [1.54, 1.807) is 11.3 Å². The lowest BCUT2D eigenvalue weighted by atomic mass is 10.00. The fourth-order valence-corrected chi connectivity index (χ4v) is 2.94. The van der Waals surface area contributed by atoms with Gasteiger partial charge in [-0.2, -0.15) is 0 Å². The maximum Gasteiger partial charge on any atom is 0.148 e. The molecule has 0 radical (unpaired) electrons. The molecule has 18 heavy (non-hydrogen) atoms. The highest BCUT2D eigenvalue weighted by molar-refractivity contribution is 7.16. The lowest BCUT2D eigenvalue weighted by Gasteiger charge is -2.06. The van der Waals surface area contributed by atoms with Crippen molar-refractivity contribution in [3.8, 4) is 0 Å². The van der Waals surface area contributed by atoms with Crippen molar-refractivity contribution in [3.05, 3.63) is 52.7 Å². The third-order valence-electron chi connectivity index (χ3n) is 3.28. The molecule has 0 aliphatic rings. The van der Waals surface area contributed by atoms with Gasteiger partial charge >= 0.3 is 0 Å². The minimum absolute atomic E-state index is 0.597. The molecule has 0 unspecified atom stereocenters. The van der Waals surface area contributed by atoms with Crippen LogP contribution in [0, 0.1) is 0 Å². The zero-order chi connectivity index (χ0) is 12.5. The molecule has 1 aromatic carbocycles. The minimum Gasteiger partial charge on any atom is -0.345 e. The second-order valence-electron chi connectivity index (χ2n) is 4.92. The number of rotatable bonds is 3. The quantitative estimate of drug-likeness (QED) is 0.742. The van der Waals surface area contributed by atoms with Crippen LogP contribution in [-0.4, -0.2) is 9.97 Å². The number of benzene rings is 1. The van der Waals surface area contributed by atoms with Crippen molar-refractivity contribution in [1.29, 1.82) is 0 Å². The van der Waals surface area contributed by atoms with Crippen LogP contribution in [0.4, 0.5) is 0 Å². The molecule has 2 nitrogen and oxygen atoms in total. The second-order valence-corrected chi connectivity index (χ2v) is 5.77. The number of fused-ring (bicyclic) bond motifs is 1. The minimum atomic E-state index is 0.597. The molecule has 3 heteroatoms. The summed E-state index contributed by atoms with van der Waals surface area (Å²) in [6.07, 6.45) is 3.05. The Morgan fingerprint density at radius 3 is 2.72 bits per heavy atom. The highest BCUT2D eigenvalue weighted by Gasteiger charge is 2.07. The molecule has 0 saturated carbocycles. The van der Waals surface area contributed by atoms with E-state index in [9.17, 15) is 0 Å². The predicted octanol–water partition coefficient (Wildman–Crippen LogP) is 4.34. The molecule has 0 spiro atoms. The number of hydrogen-bond acceptors (Lipinski definition) is 2. The van der Waals surface area contributed by atoms with Gasteiger partial charge in [0.05, 0.1) is 10.2 Å². The van der Waals surface area contributed by atoms with Gasteiger partial charge in [0.25, 0.3) is 0 Å². The van der Waals surface area contributed by atoms with Crippen LogP contribution in [0.2, 0.25) is 0 Å². The van der Waals surface area contributed by atoms with E-state index in [0.29, 0.717) is 5.92 Å². The van der Waals surface area contributed by atoms with E-state index in [1.807, 2.05) is 5.51 Å². The van der Waals surface area contributed by atoms with Crippen LogP contribution >= 0.6 is 11.3 Å². The number of aromatic nitrogens is 2. The first-order chi connectivity index (χ1) is 8.74. The molecule has 3 rings (SSSR count). The molecule has 2 heterocycles. The maximum atomic E-state index is 4.28. The van der Waals surface area contributed by atoms with Gasteiger partial charge in [-0.1, -0.05) is 38.1 Å². The molecular formula is C15H16N2S. The lowest BCUT2D eigenvalue weighted by Crippen LogP contribution is -1.90. The van der Waals surface area contributed by atoms with E-state index < -0.39 is 0 Å². The first-order valence-electron chi connectivity index (χ1n) is 6.22. The van der Waals surface area contributed by atoms with E-state index >= 15 is 0 Å². The first kappa shape index (κ1) is 11.5.